The van der Waals surface area contributed by atoms with Crippen LogP contribution >= 0.6 is 0 Å². The number of aliphatic hydroxyl groups is 1. The molecule has 0 radical (unpaired) electrons. The zero-order chi connectivity index (χ0) is 12.5. The number of anilines is 1. The Morgan fingerprint density at radius 1 is 1.33 bits per heavy atom. The average Bonchev–Trinajstić information content (AvgIpc) is 2.85. The molecule has 0 aromatic carbocycles. The van der Waals surface area contributed by atoms with Crippen LogP contribution in [0.15, 0.2) is 24.5 Å². The van der Waals surface area contributed by atoms with E-state index in [0.29, 0.717) is 0 Å². The van der Waals surface area contributed by atoms with Crippen molar-refractivity contribution in [3.05, 3.63) is 41.6 Å². The highest BCUT2D eigenvalue weighted by atomic mass is 16.3. The minimum atomic E-state index is 0.0452. The molecule has 2 aromatic rings. The van der Waals surface area contributed by atoms with Gasteiger partial charge < -0.3 is 14.6 Å². The molecule has 1 N–H and O–H groups in total. The first-order valence-electron chi connectivity index (χ1n) is 6.10. The monoisotopic (exact) mass is 244 g/mol. The molecule has 0 saturated carbocycles. The number of rotatable bonds is 2. The fourth-order valence-corrected chi connectivity index (χ4v) is 2.29. The molecule has 1 aliphatic heterocycles. The maximum absolute atomic E-state index is 9.16. The molecule has 3 rings (SSSR count). The summed E-state index contributed by atoms with van der Waals surface area (Å²) in [4.78, 5) is 11.1. The molecule has 5 nitrogen and oxygen atoms in total. The lowest BCUT2D eigenvalue weighted by Crippen LogP contribution is -2.34. The number of imidazole rings is 1. The Labute approximate surface area is 106 Å². The molecule has 0 bridgehead atoms. The van der Waals surface area contributed by atoms with Crippen LogP contribution in [0.2, 0.25) is 0 Å². The summed E-state index contributed by atoms with van der Waals surface area (Å²) in [5.74, 6) is 2.03. The lowest BCUT2D eigenvalue weighted by Gasteiger charge is -2.29. The Morgan fingerprint density at radius 2 is 2.22 bits per heavy atom. The van der Waals surface area contributed by atoms with Crippen LogP contribution in [-0.4, -0.2) is 26.2 Å². The normalized spacial score (nSPS) is 14.7. The predicted octanol–water partition coefficient (Wildman–Crippen LogP) is 1.10. The van der Waals surface area contributed by atoms with E-state index in [2.05, 4.69) is 19.4 Å². The fourth-order valence-electron chi connectivity index (χ4n) is 2.29. The second-order valence-electron chi connectivity index (χ2n) is 4.53. The van der Waals surface area contributed by atoms with Crippen molar-refractivity contribution < 1.29 is 5.11 Å². The van der Waals surface area contributed by atoms with Crippen molar-refractivity contribution >= 4 is 5.82 Å². The van der Waals surface area contributed by atoms with Gasteiger partial charge in [0, 0.05) is 31.2 Å². The lowest BCUT2D eigenvalue weighted by molar-refractivity contribution is 0.280. The third-order valence-corrected chi connectivity index (χ3v) is 3.42. The average molecular weight is 244 g/mol. The quantitative estimate of drug-likeness (QED) is 0.859. The molecule has 18 heavy (non-hydrogen) atoms. The molecule has 94 valence electrons. The first kappa shape index (κ1) is 11.2. The van der Waals surface area contributed by atoms with Gasteiger partial charge in [0.05, 0.1) is 13.2 Å². The highest BCUT2D eigenvalue weighted by Gasteiger charge is 2.18. The number of aromatic nitrogens is 3. The van der Waals surface area contributed by atoms with Crippen LogP contribution in [0.3, 0.4) is 0 Å². The smallest absolute Gasteiger partial charge is 0.129 e. The van der Waals surface area contributed by atoms with Crippen LogP contribution < -0.4 is 4.90 Å². The molecular weight excluding hydrogens is 228 g/mol. The van der Waals surface area contributed by atoms with E-state index in [4.69, 9.17) is 5.11 Å². The maximum Gasteiger partial charge on any atom is 0.129 e. The number of fused-ring (bicyclic) bond motifs is 1. The van der Waals surface area contributed by atoms with E-state index in [1.54, 1.807) is 0 Å². The van der Waals surface area contributed by atoms with Gasteiger partial charge in [-0.2, -0.15) is 0 Å². The standard InChI is InChI=1S/C13H16N4O/c1-10-11(9-18)2-3-12(15-10)17-7-6-16-5-4-14-13(16)8-17/h2-5,18H,6-9H2,1H3. The molecule has 0 fully saturated rings. The van der Waals surface area contributed by atoms with Gasteiger partial charge in [0.15, 0.2) is 0 Å². The van der Waals surface area contributed by atoms with Crippen LogP contribution in [0.4, 0.5) is 5.82 Å². The summed E-state index contributed by atoms with van der Waals surface area (Å²) in [6.07, 6.45) is 3.85. The lowest BCUT2D eigenvalue weighted by atomic mass is 10.2. The van der Waals surface area contributed by atoms with E-state index in [-0.39, 0.29) is 6.61 Å². The Hall–Kier alpha value is -1.88. The van der Waals surface area contributed by atoms with Crippen molar-refractivity contribution in [3.63, 3.8) is 0 Å². The van der Waals surface area contributed by atoms with Crippen LogP contribution in [-0.2, 0) is 19.7 Å². The van der Waals surface area contributed by atoms with Gasteiger partial charge in [-0.25, -0.2) is 9.97 Å². The second-order valence-corrected chi connectivity index (χ2v) is 4.53. The molecule has 0 unspecified atom stereocenters. The van der Waals surface area contributed by atoms with Gasteiger partial charge in [-0.15, -0.1) is 0 Å². The second kappa shape index (κ2) is 4.42. The number of hydrogen-bond donors (Lipinski definition) is 1. The van der Waals surface area contributed by atoms with Crippen molar-refractivity contribution in [1.82, 2.24) is 14.5 Å². The van der Waals surface area contributed by atoms with E-state index >= 15 is 0 Å². The Balaban J connectivity index is 1.86. The van der Waals surface area contributed by atoms with Crippen LogP contribution in [0.25, 0.3) is 0 Å². The van der Waals surface area contributed by atoms with Crippen LogP contribution in [0, 0.1) is 6.92 Å². The molecule has 2 aromatic heterocycles. The largest absolute Gasteiger partial charge is 0.392 e. The summed E-state index contributed by atoms with van der Waals surface area (Å²) in [5.41, 5.74) is 1.78. The van der Waals surface area contributed by atoms with E-state index < -0.39 is 0 Å². The van der Waals surface area contributed by atoms with Gasteiger partial charge in [0.2, 0.25) is 0 Å². The number of nitrogens with zero attached hydrogens (tertiary/aromatic N) is 4. The molecule has 0 atom stereocenters. The van der Waals surface area contributed by atoms with Crippen molar-refractivity contribution in [2.45, 2.75) is 26.6 Å². The Kier molecular flexibility index (Phi) is 2.76. The topological polar surface area (TPSA) is 54.2 Å². The van der Waals surface area contributed by atoms with E-state index in [9.17, 15) is 0 Å². The Bertz CT molecular complexity index is 564. The molecule has 5 heteroatoms. The zero-order valence-electron chi connectivity index (χ0n) is 10.4. The van der Waals surface area contributed by atoms with E-state index in [1.807, 2.05) is 31.5 Å². The molecule has 0 aliphatic carbocycles. The van der Waals surface area contributed by atoms with E-state index in [1.165, 1.54) is 0 Å². The third kappa shape index (κ3) is 1.86. The first-order chi connectivity index (χ1) is 8.78. The number of aryl methyl sites for hydroxylation is 1. The Morgan fingerprint density at radius 3 is 3.00 bits per heavy atom. The van der Waals surface area contributed by atoms with Gasteiger partial charge in [-0.3, -0.25) is 0 Å². The summed E-state index contributed by atoms with van der Waals surface area (Å²) >= 11 is 0. The van der Waals surface area contributed by atoms with Crippen LogP contribution in [0.5, 0.6) is 0 Å². The van der Waals surface area contributed by atoms with Gasteiger partial charge in [0.25, 0.3) is 0 Å². The summed E-state index contributed by atoms with van der Waals surface area (Å²) in [6, 6.07) is 3.91. The van der Waals surface area contributed by atoms with Crippen molar-refractivity contribution in [1.29, 1.82) is 0 Å². The van der Waals surface area contributed by atoms with Gasteiger partial charge in [-0.05, 0) is 18.6 Å². The van der Waals surface area contributed by atoms with Gasteiger partial charge in [0.1, 0.15) is 11.6 Å². The highest BCUT2D eigenvalue weighted by molar-refractivity contribution is 5.42. The molecule has 1 aliphatic rings. The fraction of sp³-hybridized carbons (Fsp3) is 0.385. The molecule has 0 spiro atoms. The number of aliphatic hydroxyl groups excluding tert-OH is 1. The molecule has 0 saturated heterocycles. The van der Waals surface area contributed by atoms with Gasteiger partial charge >= 0.3 is 0 Å². The first-order valence-corrected chi connectivity index (χ1v) is 6.10. The molecule has 3 heterocycles. The highest BCUT2D eigenvalue weighted by Crippen LogP contribution is 2.19. The third-order valence-electron chi connectivity index (χ3n) is 3.42. The minimum absolute atomic E-state index is 0.0452. The zero-order valence-corrected chi connectivity index (χ0v) is 10.4. The summed E-state index contributed by atoms with van der Waals surface area (Å²) < 4.78 is 2.17. The molecule has 0 amide bonds. The van der Waals surface area contributed by atoms with Crippen molar-refractivity contribution in [3.8, 4) is 0 Å². The van der Waals surface area contributed by atoms with E-state index in [0.717, 1.165) is 42.5 Å². The summed E-state index contributed by atoms with van der Waals surface area (Å²) in [7, 11) is 0. The molecular formula is C13H16N4O. The summed E-state index contributed by atoms with van der Waals surface area (Å²) in [6.45, 7) is 4.65. The number of pyridine rings is 1. The van der Waals surface area contributed by atoms with Crippen molar-refractivity contribution in [2.24, 2.45) is 0 Å². The summed E-state index contributed by atoms with van der Waals surface area (Å²) in [5, 5.41) is 9.16. The van der Waals surface area contributed by atoms with Gasteiger partial charge in [-0.1, -0.05) is 6.07 Å². The minimum Gasteiger partial charge on any atom is -0.392 e. The maximum atomic E-state index is 9.16. The van der Waals surface area contributed by atoms with Crippen molar-refractivity contribution in [2.75, 3.05) is 11.4 Å². The SMILES string of the molecule is Cc1nc(N2CCn3ccnc3C2)ccc1CO. The predicted molar refractivity (Wildman–Crippen MR) is 68.2 cm³/mol. The number of hydrogen-bond acceptors (Lipinski definition) is 4. The van der Waals surface area contributed by atoms with Crippen LogP contribution in [0.1, 0.15) is 17.1 Å².